The minimum atomic E-state index is -0.426. The number of nitrogens with one attached hydrogen (secondary N) is 1. The maximum absolute atomic E-state index is 12.2. The molecule has 1 N–H and O–H groups in total. The Bertz CT molecular complexity index is 579. The number of hydrogen-bond donors (Lipinski definition) is 1. The second kappa shape index (κ2) is 5.87. The molecule has 6 nitrogen and oxygen atoms in total. The molecule has 2 saturated heterocycles. The first kappa shape index (κ1) is 14.7. The van der Waals surface area contributed by atoms with E-state index in [2.05, 4.69) is 5.32 Å². The van der Waals surface area contributed by atoms with Gasteiger partial charge in [-0.1, -0.05) is 18.2 Å². The predicted molar refractivity (Wildman–Crippen MR) is 79.7 cm³/mol. The van der Waals surface area contributed by atoms with Gasteiger partial charge in [0.2, 0.25) is 0 Å². The van der Waals surface area contributed by atoms with E-state index in [0.717, 1.165) is 11.3 Å². The van der Waals surface area contributed by atoms with E-state index in [1.54, 1.807) is 4.90 Å². The maximum atomic E-state index is 12.2. The smallest absolute Gasteiger partial charge is 0.407 e. The highest BCUT2D eigenvalue weighted by Crippen LogP contribution is 2.29. The first-order chi connectivity index (χ1) is 10.6. The third-order valence-corrected chi connectivity index (χ3v) is 4.34. The zero-order valence-electron chi connectivity index (χ0n) is 12.6. The molecule has 3 rings (SSSR count). The van der Waals surface area contributed by atoms with Crippen LogP contribution in [0.3, 0.4) is 0 Å². The van der Waals surface area contributed by atoms with E-state index in [4.69, 9.17) is 9.47 Å². The van der Waals surface area contributed by atoms with Gasteiger partial charge in [0.05, 0.1) is 6.54 Å². The van der Waals surface area contributed by atoms with Crippen LogP contribution in [0.2, 0.25) is 0 Å². The molecular weight excluding hydrogens is 284 g/mol. The lowest BCUT2D eigenvalue weighted by Gasteiger charge is -2.37. The molecule has 2 amide bonds. The van der Waals surface area contributed by atoms with Gasteiger partial charge < -0.3 is 19.7 Å². The standard InChI is InChI=1S/C16H20N2O4/c1-12-4-2-3-5-13(12)21-10-14(19)18-8-6-16(7-9-18)11-17-15(20)22-16/h2-5H,6-11H2,1H3,(H,17,20). The van der Waals surface area contributed by atoms with E-state index in [-0.39, 0.29) is 18.6 Å². The van der Waals surface area contributed by atoms with Crippen molar-refractivity contribution in [2.24, 2.45) is 0 Å². The lowest BCUT2D eigenvalue weighted by Crippen LogP contribution is -2.49. The molecular formula is C16H20N2O4. The Morgan fingerprint density at radius 3 is 2.73 bits per heavy atom. The van der Waals surface area contributed by atoms with Crippen molar-refractivity contribution in [3.63, 3.8) is 0 Å². The maximum Gasteiger partial charge on any atom is 0.407 e. The molecule has 1 aromatic carbocycles. The average Bonchev–Trinajstić information content (AvgIpc) is 2.87. The van der Waals surface area contributed by atoms with Gasteiger partial charge in [-0.25, -0.2) is 4.79 Å². The fraction of sp³-hybridized carbons (Fsp3) is 0.500. The van der Waals surface area contributed by atoms with Crippen LogP contribution in [0, 0.1) is 6.92 Å². The van der Waals surface area contributed by atoms with Crippen molar-refractivity contribution in [3.8, 4) is 5.75 Å². The summed E-state index contributed by atoms with van der Waals surface area (Å²) in [5, 5.41) is 2.69. The summed E-state index contributed by atoms with van der Waals surface area (Å²) in [4.78, 5) is 25.2. The molecule has 2 heterocycles. The van der Waals surface area contributed by atoms with E-state index < -0.39 is 5.60 Å². The van der Waals surface area contributed by atoms with Crippen molar-refractivity contribution in [2.75, 3.05) is 26.2 Å². The highest BCUT2D eigenvalue weighted by atomic mass is 16.6. The highest BCUT2D eigenvalue weighted by Gasteiger charge is 2.43. The second-order valence-electron chi connectivity index (χ2n) is 5.86. The molecule has 6 heteroatoms. The number of carbonyl (C=O) groups excluding carboxylic acids is 2. The summed E-state index contributed by atoms with van der Waals surface area (Å²) in [6.45, 7) is 3.70. The molecule has 0 aliphatic carbocycles. The van der Waals surface area contributed by atoms with Gasteiger partial charge >= 0.3 is 6.09 Å². The first-order valence-electron chi connectivity index (χ1n) is 7.51. The summed E-state index contributed by atoms with van der Waals surface area (Å²) in [7, 11) is 0. The molecule has 1 spiro atoms. The summed E-state index contributed by atoms with van der Waals surface area (Å²) < 4.78 is 10.9. The van der Waals surface area contributed by atoms with Crippen molar-refractivity contribution in [1.82, 2.24) is 10.2 Å². The molecule has 0 unspecified atom stereocenters. The summed E-state index contributed by atoms with van der Waals surface area (Å²) >= 11 is 0. The Hall–Kier alpha value is -2.24. The zero-order chi connectivity index (χ0) is 15.6. The number of para-hydroxylation sites is 1. The van der Waals surface area contributed by atoms with Crippen molar-refractivity contribution < 1.29 is 19.1 Å². The van der Waals surface area contributed by atoms with E-state index in [1.165, 1.54) is 0 Å². The molecule has 2 aliphatic heterocycles. The Kier molecular flexibility index (Phi) is 3.92. The van der Waals surface area contributed by atoms with Crippen LogP contribution in [-0.2, 0) is 9.53 Å². The minimum Gasteiger partial charge on any atom is -0.484 e. The van der Waals surface area contributed by atoms with Crippen LogP contribution in [0.15, 0.2) is 24.3 Å². The molecule has 2 fully saturated rings. The number of aryl methyl sites for hydroxylation is 1. The molecule has 0 radical (unpaired) electrons. The van der Waals surface area contributed by atoms with Gasteiger partial charge in [0, 0.05) is 25.9 Å². The van der Waals surface area contributed by atoms with Crippen LogP contribution < -0.4 is 10.1 Å². The predicted octanol–water partition coefficient (Wildman–Crippen LogP) is 1.47. The SMILES string of the molecule is Cc1ccccc1OCC(=O)N1CCC2(CC1)CNC(=O)O2. The van der Waals surface area contributed by atoms with Crippen LogP contribution in [0.25, 0.3) is 0 Å². The average molecular weight is 304 g/mol. The van der Waals surface area contributed by atoms with Crippen LogP contribution in [0.4, 0.5) is 4.79 Å². The van der Waals surface area contributed by atoms with Gasteiger partial charge in [-0.3, -0.25) is 4.79 Å². The van der Waals surface area contributed by atoms with E-state index in [9.17, 15) is 9.59 Å². The Labute approximate surface area is 129 Å². The van der Waals surface area contributed by atoms with Crippen molar-refractivity contribution >= 4 is 12.0 Å². The van der Waals surface area contributed by atoms with Crippen LogP contribution in [0.5, 0.6) is 5.75 Å². The lowest BCUT2D eigenvalue weighted by molar-refractivity contribution is -0.136. The Morgan fingerprint density at radius 2 is 2.09 bits per heavy atom. The van der Waals surface area contributed by atoms with Gasteiger partial charge in [-0.15, -0.1) is 0 Å². The number of likely N-dealkylation sites (tertiary alicyclic amines) is 1. The molecule has 2 aliphatic rings. The van der Waals surface area contributed by atoms with Gasteiger partial charge in [0.15, 0.2) is 6.61 Å². The topological polar surface area (TPSA) is 67.9 Å². The first-order valence-corrected chi connectivity index (χ1v) is 7.51. The van der Waals surface area contributed by atoms with E-state index in [0.29, 0.717) is 32.5 Å². The number of rotatable bonds is 3. The monoisotopic (exact) mass is 304 g/mol. The van der Waals surface area contributed by atoms with Crippen LogP contribution in [-0.4, -0.2) is 48.7 Å². The Morgan fingerprint density at radius 1 is 1.36 bits per heavy atom. The molecule has 0 atom stereocenters. The summed E-state index contributed by atoms with van der Waals surface area (Å²) in [6, 6.07) is 7.63. The molecule has 118 valence electrons. The molecule has 1 aromatic rings. The quantitative estimate of drug-likeness (QED) is 0.918. The van der Waals surface area contributed by atoms with Gasteiger partial charge in [0.25, 0.3) is 5.91 Å². The fourth-order valence-electron chi connectivity index (χ4n) is 2.89. The van der Waals surface area contributed by atoms with Crippen molar-refractivity contribution in [1.29, 1.82) is 0 Å². The number of piperidine rings is 1. The zero-order valence-corrected chi connectivity index (χ0v) is 12.6. The van der Waals surface area contributed by atoms with Gasteiger partial charge in [-0.2, -0.15) is 0 Å². The van der Waals surface area contributed by atoms with Gasteiger partial charge in [-0.05, 0) is 18.6 Å². The number of amides is 2. The molecule has 0 saturated carbocycles. The van der Waals surface area contributed by atoms with Crippen molar-refractivity contribution in [3.05, 3.63) is 29.8 Å². The number of ether oxygens (including phenoxy) is 2. The lowest BCUT2D eigenvalue weighted by atomic mass is 9.91. The number of alkyl carbamates (subject to hydrolysis) is 1. The van der Waals surface area contributed by atoms with Gasteiger partial charge in [0.1, 0.15) is 11.4 Å². The van der Waals surface area contributed by atoms with Crippen LogP contribution in [0.1, 0.15) is 18.4 Å². The Balaban J connectivity index is 1.50. The molecule has 22 heavy (non-hydrogen) atoms. The minimum absolute atomic E-state index is 0.0321. The molecule has 0 bridgehead atoms. The fourth-order valence-corrected chi connectivity index (χ4v) is 2.89. The third-order valence-electron chi connectivity index (χ3n) is 4.34. The third kappa shape index (κ3) is 3.00. The number of hydrogen-bond acceptors (Lipinski definition) is 4. The van der Waals surface area contributed by atoms with E-state index >= 15 is 0 Å². The van der Waals surface area contributed by atoms with Crippen LogP contribution >= 0.6 is 0 Å². The van der Waals surface area contributed by atoms with E-state index in [1.807, 2.05) is 31.2 Å². The number of carbonyl (C=O) groups is 2. The normalized spacial score (nSPS) is 19.7. The largest absolute Gasteiger partial charge is 0.484 e. The van der Waals surface area contributed by atoms with Crippen molar-refractivity contribution in [2.45, 2.75) is 25.4 Å². The summed E-state index contributed by atoms with van der Waals surface area (Å²) in [6.07, 6.45) is 0.978. The number of nitrogens with zero attached hydrogens (tertiary/aromatic N) is 1. The molecule has 0 aromatic heterocycles. The summed E-state index contributed by atoms with van der Waals surface area (Å²) in [5.41, 5.74) is 0.585. The highest BCUT2D eigenvalue weighted by molar-refractivity contribution is 5.78. The summed E-state index contributed by atoms with van der Waals surface area (Å²) in [5.74, 6) is 0.702. The second-order valence-corrected chi connectivity index (χ2v) is 5.86. The number of benzene rings is 1.